The van der Waals surface area contributed by atoms with Gasteiger partial charge in [0.1, 0.15) is 23.0 Å². The maximum atomic E-state index is 13.9. The number of hydrogen-bond donors (Lipinski definition) is 2. The summed E-state index contributed by atoms with van der Waals surface area (Å²) < 4.78 is 13.5. The van der Waals surface area contributed by atoms with Gasteiger partial charge in [0.05, 0.1) is 23.8 Å². The van der Waals surface area contributed by atoms with E-state index in [1.807, 2.05) is 47.4 Å². The Balaban J connectivity index is 1.44. The van der Waals surface area contributed by atoms with Crippen molar-refractivity contribution in [2.24, 2.45) is 7.05 Å². The van der Waals surface area contributed by atoms with Gasteiger partial charge in [-0.15, -0.1) is 0 Å². The lowest BCUT2D eigenvalue weighted by Gasteiger charge is -2.38. The molecule has 3 aromatic carbocycles. The van der Waals surface area contributed by atoms with Crippen LogP contribution in [0.4, 0.5) is 0 Å². The first-order chi connectivity index (χ1) is 19.9. The molecule has 9 heteroatoms. The highest BCUT2D eigenvalue weighted by molar-refractivity contribution is 5.97. The van der Waals surface area contributed by atoms with Crippen LogP contribution >= 0.6 is 0 Å². The van der Waals surface area contributed by atoms with Crippen molar-refractivity contribution in [1.29, 1.82) is 0 Å². The molecule has 7 rings (SSSR count). The number of benzene rings is 3. The number of aryl methyl sites for hydroxylation is 1. The average molecular weight is 552 g/mol. The number of hydrogen-bond acceptors (Lipinski definition) is 6. The second kappa shape index (κ2) is 10.8. The van der Waals surface area contributed by atoms with Gasteiger partial charge in [0, 0.05) is 32.4 Å². The van der Waals surface area contributed by atoms with E-state index in [0.717, 1.165) is 16.7 Å². The third-order valence-corrected chi connectivity index (χ3v) is 7.43. The molecule has 1 atom stereocenters. The molecule has 2 N–H and O–H groups in total. The average Bonchev–Trinajstić information content (AvgIpc) is 2.98. The van der Waals surface area contributed by atoms with E-state index in [-0.39, 0.29) is 28.8 Å². The second-order valence-corrected chi connectivity index (χ2v) is 10.2. The molecular weight excluding hydrogens is 522 g/mol. The van der Waals surface area contributed by atoms with E-state index in [1.165, 1.54) is 22.8 Å². The Labute approximate surface area is 236 Å². The molecule has 9 nitrogen and oxygen atoms in total. The van der Waals surface area contributed by atoms with Crippen LogP contribution < -0.4 is 20.3 Å². The molecule has 0 spiro atoms. The molecule has 3 aliphatic heterocycles. The van der Waals surface area contributed by atoms with Crippen molar-refractivity contribution in [1.82, 2.24) is 14.8 Å². The molecule has 1 aromatic heterocycles. The van der Waals surface area contributed by atoms with Crippen molar-refractivity contribution < 1.29 is 24.2 Å². The van der Waals surface area contributed by atoms with E-state index >= 15 is 0 Å². The zero-order valence-corrected chi connectivity index (χ0v) is 22.5. The molecule has 208 valence electrons. The number of pyridine rings is 1. The van der Waals surface area contributed by atoms with Gasteiger partial charge in [-0.2, -0.15) is 0 Å². The summed E-state index contributed by atoms with van der Waals surface area (Å²) in [7, 11) is 1.63. The fourth-order valence-corrected chi connectivity index (χ4v) is 5.36. The molecule has 4 heterocycles. The van der Waals surface area contributed by atoms with Crippen molar-refractivity contribution in [3.05, 3.63) is 117 Å². The zero-order valence-electron chi connectivity index (χ0n) is 22.5. The van der Waals surface area contributed by atoms with E-state index in [1.54, 1.807) is 25.4 Å². The molecule has 8 bridgehead atoms. The lowest BCUT2D eigenvalue weighted by atomic mass is 9.87. The van der Waals surface area contributed by atoms with E-state index in [2.05, 4.69) is 5.32 Å². The zero-order chi connectivity index (χ0) is 28.5. The lowest BCUT2D eigenvalue weighted by Crippen LogP contribution is -2.41. The summed E-state index contributed by atoms with van der Waals surface area (Å²) in [6, 6.07) is 20.6. The molecule has 0 fully saturated rings. The minimum atomic E-state index is -0.396. The number of fused-ring (bicyclic) bond motifs is 6. The third-order valence-electron chi connectivity index (χ3n) is 7.43. The van der Waals surface area contributed by atoms with Gasteiger partial charge in [0.15, 0.2) is 0 Å². The number of carbonyl (C=O) groups is 2. The van der Waals surface area contributed by atoms with Gasteiger partial charge in [0.25, 0.3) is 11.8 Å². The lowest BCUT2D eigenvalue weighted by molar-refractivity contribution is 0.0693. The third kappa shape index (κ3) is 5.26. The highest BCUT2D eigenvalue weighted by Gasteiger charge is 2.33. The van der Waals surface area contributed by atoms with Crippen LogP contribution in [-0.4, -0.2) is 46.1 Å². The number of ether oxygens (including phenoxy) is 2. The molecule has 3 aliphatic rings. The standard InChI is InChI=1S/C32H29N3O6/c1-34-19-22(6-11-29(34)37)32(39)35-14-12-20-16-24-7-9-26(20)30(35)21-4-2-5-23(17-21)40-15-3-13-33-31(38)27-18-25(41-24)8-10-28(27)36/h2,4-11,16-19,30,36H,3,12-15H2,1H3,(H,33,38). The molecule has 0 radical (unpaired) electrons. The van der Waals surface area contributed by atoms with Crippen LogP contribution in [0.5, 0.6) is 23.0 Å². The quantitative estimate of drug-likeness (QED) is 0.367. The molecule has 1 unspecified atom stereocenters. The fraction of sp³-hybridized carbons (Fsp3) is 0.219. The van der Waals surface area contributed by atoms with Crippen LogP contribution in [0.3, 0.4) is 0 Å². The van der Waals surface area contributed by atoms with Crippen LogP contribution in [0.2, 0.25) is 0 Å². The molecule has 0 saturated heterocycles. The van der Waals surface area contributed by atoms with Gasteiger partial charge in [-0.1, -0.05) is 18.2 Å². The van der Waals surface area contributed by atoms with Crippen LogP contribution in [-0.2, 0) is 13.5 Å². The first-order valence-electron chi connectivity index (χ1n) is 13.5. The monoisotopic (exact) mass is 551 g/mol. The van der Waals surface area contributed by atoms with E-state index in [9.17, 15) is 19.5 Å². The molecule has 2 amide bonds. The molecule has 0 aliphatic carbocycles. The smallest absolute Gasteiger partial charge is 0.256 e. The fourth-order valence-electron chi connectivity index (χ4n) is 5.36. The van der Waals surface area contributed by atoms with Crippen LogP contribution in [0.15, 0.2) is 83.8 Å². The number of nitrogens with one attached hydrogen (secondary N) is 1. The molecule has 0 saturated carbocycles. The van der Waals surface area contributed by atoms with Gasteiger partial charge >= 0.3 is 0 Å². The summed E-state index contributed by atoms with van der Waals surface area (Å²) in [4.78, 5) is 40.4. The number of amides is 2. The number of carbonyl (C=O) groups excluding carboxylic acids is 2. The SMILES string of the molecule is Cn1cc(C(=O)N2CCc3cc4ccc3C2c2cccc(c2)OCCCNC(=O)c2cc(ccc2O)O4)ccc1=O. The summed E-state index contributed by atoms with van der Waals surface area (Å²) in [5, 5.41) is 13.1. The number of phenolic OH excluding ortho intramolecular Hbond substituents is 1. The summed E-state index contributed by atoms with van der Waals surface area (Å²) in [6.07, 6.45) is 2.72. The number of aromatic nitrogens is 1. The summed E-state index contributed by atoms with van der Waals surface area (Å²) in [6.45, 7) is 1.18. The van der Waals surface area contributed by atoms with Gasteiger partial charge in [-0.3, -0.25) is 14.4 Å². The number of aromatic hydroxyl groups is 1. The Morgan fingerprint density at radius 2 is 1.80 bits per heavy atom. The predicted octanol–water partition coefficient (Wildman–Crippen LogP) is 4.18. The van der Waals surface area contributed by atoms with Gasteiger partial charge in [0.2, 0.25) is 5.56 Å². The van der Waals surface area contributed by atoms with Crippen molar-refractivity contribution in [3.8, 4) is 23.0 Å². The van der Waals surface area contributed by atoms with Crippen molar-refractivity contribution in [2.75, 3.05) is 19.7 Å². The number of rotatable bonds is 1. The predicted molar refractivity (Wildman–Crippen MR) is 152 cm³/mol. The maximum absolute atomic E-state index is 13.9. The Hall–Kier alpha value is -5.05. The summed E-state index contributed by atoms with van der Waals surface area (Å²) in [5.74, 6) is 0.959. The Morgan fingerprint density at radius 1 is 0.976 bits per heavy atom. The number of nitrogens with zero attached hydrogens (tertiary/aromatic N) is 2. The van der Waals surface area contributed by atoms with Crippen LogP contribution in [0.1, 0.15) is 49.9 Å². The highest BCUT2D eigenvalue weighted by Crippen LogP contribution is 2.39. The van der Waals surface area contributed by atoms with Crippen molar-refractivity contribution in [2.45, 2.75) is 18.9 Å². The minimum absolute atomic E-state index is 0.128. The van der Waals surface area contributed by atoms with Crippen molar-refractivity contribution >= 4 is 11.8 Å². The Bertz CT molecular complexity index is 1710. The highest BCUT2D eigenvalue weighted by atomic mass is 16.5. The first kappa shape index (κ1) is 26.2. The first-order valence-corrected chi connectivity index (χ1v) is 13.5. The Kier molecular flexibility index (Phi) is 6.93. The Morgan fingerprint density at radius 3 is 2.66 bits per heavy atom. The van der Waals surface area contributed by atoms with Crippen LogP contribution in [0, 0.1) is 0 Å². The van der Waals surface area contributed by atoms with Crippen LogP contribution in [0.25, 0.3) is 0 Å². The summed E-state index contributed by atoms with van der Waals surface area (Å²) >= 11 is 0. The molecule has 4 aromatic rings. The van der Waals surface area contributed by atoms with Gasteiger partial charge in [-0.05, 0) is 78.1 Å². The normalized spacial score (nSPS) is 16.6. The van der Waals surface area contributed by atoms with Gasteiger partial charge < -0.3 is 29.4 Å². The van der Waals surface area contributed by atoms with E-state index < -0.39 is 5.91 Å². The largest absolute Gasteiger partial charge is 0.507 e. The van der Waals surface area contributed by atoms with Crippen molar-refractivity contribution in [3.63, 3.8) is 0 Å². The minimum Gasteiger partial charge on any atom is -0.507 e. The molecular formula is C32H29N3O6. The molecule has 41 heavy (non-hydrogen) atoms. The summed E-state index contributed by atoms with van der Waals surface area (Å²) in [5.41, 5.74) is 3.27. The van der Waals surface area contributed by atoms with Gasteiger partial charge in [-0.25, -0.2) is 0 Å². The maximum Gasteiger partial charge on any atom is 0.256 e. The second-order valence-electron chi connectivity index (χ2n) is 10.2. The van der Waals surface area contributed by atoms with E-state index in [0.29, 0.717) is 55.4 Å². The number of phenols is 1. The van der Waals surface area contributed by atoms with E-state index in [4.69, 9.17) is 9.47 Å². The topological polar surface area (TPSA) is 110 Å².